The summed E-state index contributed by atoms with van der Waals surface area (Å²) in [6.07, 6.45) is 2.15. The number of nitrogens with one attached hydrogen (secondary N) is 1. The van der Waals surface area contributed by atoms with Crippen molar-refractivity contribution < 1.29 is 4.39 Å². The highest BCUT2D eigenvalue weighted by atomic mass is 19.1. The van der Waals surface area contributed by atoms with E-state index in [-0.39, 0.29) is 11.2 Å². The Bertz CT molecular complexity index is 295. The Morgan fingerprint density at radius 2 is 2.20 bits per heavy atom. The third-order valence-electron chi connectivity index (χ3n) is 2.30. The first-order valence-electron chi connectivity index (χ1n) is 5.09. The van der Waals surface area contributed by atoms with Gasteiger partial charge in [-0.1, -0.05) is 13.8 Å². The topological polar surface area (TPSA) is 50.9 Å². The first-order valence-corrected chi connectivity index (χ1v) is 5.09. The van der Waals surface area contributed by atoms with E-state index in [1.54, 1.807) is 6.07 Å². The Morgan fingerprint density at radius 3 is 2.73 bits per heavy atom. The molecule has 0 spiro atoms. The van der Waals surface area contributed by atoms with Gasteiger partial charge in [-0.15, -0.1) is 0 Å². The summed E-state index contributed by atoms with van der Waals surface area (Å²) in [5.74, 6) is 0.378. The first kappa shape index (κ1) is 11.9. The van der Waals surface area contributed by atoms with E-state index in [1.165, 1.54) is 12.3 Å². The van der Waals surface area contributed by atoms with E-state index in [0.29, 0.717) is 12.4 Å². The molecule has 1 aromatic heterocycles. The summed E-state index contributed by atoms with van der Waals surface area (Å²) >= 11 is 0. The molecule has 3 N–H and O–H groups in total. The Balaban J connectivity index is 2.46. The molecule has 0 aliphatic rings. The summed E-state index contributed by atoms with van der Waals surface area (Å²) in [6.45, 7) is 5.72. The molecule has 1 rings (SSSR count). The van der Waals surface area contributed by atoms with Crippen LogP contribution in [0.15, 0.2) is 18.3 Å². The number of hydrogen-bond acceptors (Lipinski definition) is 3. The summed E-state index contributed by atoms with van der Waals surface area (Å²) in [6, 6.07) is 3.03. The lowest BCUT2D eigenvalue weighted by Crippen LogP contribution is -2.26. The summed E-state index contributed by atoms with van der Waals surface area (Å²) in [5, 5.41) is 3.16. The van der Waals surface area contributed by atoms with Crippen molar-refractivity contribution in [2.45, 2.75) is 20.3 Å². The minimum Gasteiger partial charge on any atom is -0.370 e. The van der Waals surface area contributed by atoms with E-state index in [2.05, 4.69) is 24.1 Å². The van der Waals surface area contributed by atoms with Crippen LogP contribution >= 0.6 is 0 Å². The zero-order chi connectivity index (χ0) is 11.3. The lowest BCUT2D eigenvalue weighted by atomic mass is 9.89. The predicted octanol–water partition coefficient (Wildman–Crippen LogP) is 2.01. The molecule has 0 atom stereocenters. The summed E-state index contributed by atoms with van der Waals surface area (Å²) in [4.78, 5) is 3.92. The fraction of sp³-hybridized carbons (Fsp3) is 0.545. The average molecular weight is 211 g/mol. The molecule has 0 saturated carbocycles. The molecule has 0 aliphatic carbocycles. The van der Waals surface area contributed by atoms with Crippen molar-refractivity contribution in [3.63, 3.8) is 0 Å². The van der Waals surface area contributed by atoms with E-state index in [1.807, 2.05) is 0 Å². The Morgan fingerprint density at radius 1 is 1.47 bits per heavy atom. The smallest absolute Gasteiger partial charge is 0.141 e. The van der Waals surface area contributed by atoms with Gasteiger partial charge in [-0.05, 0) is 30.5 Å². The van der Waals surface area contributed by atoms with Crippen molar-refractivity contribution in [2.24, 2.45) is 11.1 Å². The number of aromatic nitrogens is 1. The van der Waals surface area contributed by atoms with Crippen LogP contribution in [-0.2, 0) is 0 Å². The second-order valence-corrected chi connectivity index (χ2v) is 4.42. The third-order valence-corrected chi connectivity index (χ3v) is 2.30. The monoisotopic (exact) mass is 211 g/mol. The van der Waals surface area contributed by atoms with Crippen LogP contribution in [0.4, 0.5) is 10.2 Å². The van der Waals surface area contributed by atoms with Gasteiger partial charge in [0, 0.05) is 6.54 Å². The molecule has 1 heterocycles. The maximum Gasteiger partial charge on any atom is 0.141 e. The number of pyridine rings is 1. The van der Waals surface area contributed by atoms with Crippen molar-refractivity contribution in [1.29, 1.82) is 0 Å². The average Bonchev–Trinajstić information content (AvgIpc) is 2.17. The molecule has 0 radical (unpaired) electrons. The van der Waals surface area contributed by atoms with Gasteiger partial charge in [0.25, 0.3) is 0 Å². The number of hydrogen-bond donors (Lipinski definition) is 2. The van der Waals surface area contributed by atoms with Crippen molar-refractivity contribution in [3.05, 3.63) is 24.1 Å². The molecule has 0 bridgehead atoms. The van der Waals surface area contributed by atoms with E-state index in [4.69, 9.17) is 5.73 Å². The van der Waals surface area contributed by atoms with Gasteiger partial charge in [0.1, 0.15) is 11.6 Å². The van der Waals surface area contributed by atoms with Gasteiger partial charge in [0.05, 0.1) is 6.20 Å². The van der Waals surface area contributed by atoms with Gasteiger partial charge in [-0.2, -0.15) is 0 Å². The zero-order valence-electron chi connectivity index (χ0n) is 9.26. The normalized spacial score (nSPS) is 11.5. The van der Waals surface area contributed by atoms with Crippen LogP contribution in [0.5, 0.6) is 0 Å². The van der Waals surface area contributed by atoms with Crippen LogP contribution < -0.4 is 11.1 Å². The zero-order valence-corrected chi connectivity index (χ0v) is 9.26. The van der Waals surface area contributed by atoms with Crippen LogP contribution in [0.3, 0.4) is 0 Å². The quantitative estimate of drug-likeness (QED) is 0.783. The molecule has 0 aromatic carbocycles. The lowest BCUT2D eigenvalue weighted by molar-refractivity contribution is 0.365. The van der Waals surface area contributed by atoms with Gasteiger partial charge >= 0.3 is 0 Å². The van der Waals surface area contributed by atoms with Crippen LogP contribution in [0.2, 0.25) is 0 Å². The van der Waals surface area contributed by atoms with Crippen LogP contribution in [0, 0.1) is 11.2 Å². The highest BCUT2D eigenvalue weighted by molar-refractivity contribution is 5.33. The molecule has 0 unspecified atom stereocenters. The molecule has 84 valence electrons. The minimum atomic E-state index is -0.318. The SMILES string of the molecule is CC(C)(CCN)CNc1ccc(F)cn1. The minimum absolute atomic E-state index is 0.130. The Labute approximate surface area is 89.9 Å². The fourth-order valence-electron chi connectivity index (χ4n) is 1.29. The van der Waals surface area contributed by atoms with Crippen molar-refractivity contribution >= 4 is 5.82 Å². The van der Waals surface area contributed by atoms with E-state index in [9.17, 15) is 4.39 Å². The number of nitrogens with two attached hydrogens (primary N) is 1. The number of halogens is 1. The van der Waals surface area contributed by atoms with Gasteiger partial charge < -0.3 is 11.1 Å². The number of rotatable bonds is 5. The first-order chi connectivity index (χ1) is 7.03. The Kier molecular flexibility index (Phi) is 4.03. The second kappa shape index (κ2) is 5.07. The van der Waals surface area contributed by atoms with Crippen LogP contribution in [0.25, 0.3) is 0 Å². The largest absolute Gasteiger partial charge is 0.370 e. The van der Waals surface area contributed by atoms with Gasteiger partial charge in [-0.3, -0.25) is 0 Å². The Hall–Kier alpha value is -1.16. The van der Waals surface area contributed by atoms with E-state index in [0.717, 1.165) is 13.0 Å². The number of nitrogens with zero attached hydrogens (tertiary/aromatic N) is 1. The molecule has 3 nitrogen and oxygen atoms in total. The van der Waals surface area contributed by atoms with E-state index < -0.39 is 0 Å². The highest BCUT2D eigenvalue weighted by Crippen LogP contribution is 2.19. The lowest BCUT2D eigenvalue weighted by Gasteiger charge is -2.24. The van der Waals surface area contributed by atoms with Crippen molar-refractivity contribution in [1.82, 2.24) is 4.98 Å². The molecule has 0 fully saturated rings. The van der Waals surface area contributed by atoms with Crippen molar-refractivity contribution in [3.8, 4) is 0 Å². The molecular weight excluding hydrogens is 193 g/mol. The third kappa shape index (κ3) is 4.25. The standard InChI is InChI=1S/C11H18FN3/c1-11(2,5-6-13)8-15-10-4-3-9(12)7-14-10/h3-4,7H,5-6,8,13H2,1-2H3,(H,14,15). The molecular formula is C11H18FN3. The number of anilines is 1. The molecule has 0 aliphatic heterocycles. The maximum absolute atomic E-state index is 12.6. The maximum atomic E-state index is 12.6. The van der Waals surface area contributed by atoms with E-state index >= 15 is 0 Å². The van der Waals surface area contributed by atoms with Crippen LogP contribution in [0.1, 0.15) is 20.3 Å². The summed E-state index contributed by atoms with van der Waals surface area (Å²) < 4.78 is 12.6. The summed E-state index contributed by atoms with van der Waals surface area (Å²) in [7, 11) is 0. The molecule has 4 heteroatoms. The van der Waals surface area contributed by atoms with Gasteiger partial charge in [0.15, 0.2) is 0 Å². The molecule has 1 aromatic rings. The van der Waals surface area contributed by atoms with Crippen LogP contribution in [-0.4, -0.2) is 18.1 Å². The molecule has 0 amide bonds. The van der Waals surface area contributed by atoms with Crippen molar-refractivity contribution in [2.75, 3.05) is 18.4 Å². The van der Waals surface area contributed by atoms with Gasteiger partial charge in [-0.25, -0.2) is 9.37 Å². The predicted molar refractivity (Wildman–Crippen MR) is 60.1 cm³/mol. The highest BCUT2D eigenvalue weighted by Gasteiger charge is 2.16. The second-order valence-electron chi connectivity index (χ2n) is 4.42. The fourth-order valence-corrected chi connectivity index (χ4v) is 1.29. The van der Waals surface area contributed by atoms with Gasteiger partial charge in [0.2, 0.25) is 0 Å². The summed E-state index contributed by atoms with van der Waals surface area (Å²) in [5.41, 5.74) is 5.64. The molecule has 0 saturated heterocycles. The molecule has 15 heavy (non-hydrogen) atoms.